The molecule has 0 heterocycles. The molecule has 0 fully saturated rings. The van der Waals surface area contributed by atoms with Crippen LogP contribution in [0.1, 0.15) is 20.3 Å². The predicted molar refractivity (Wildman–Crippen MR) is 80.9 cm³/mol. The van der Waals surface area contributed by atoms with Gasteiger partial charge in [0.25, 0.3) is 5.91 Å². The number of aliphatic hydroxyl groups excluding tert-OH is 1. The smallest absolute Gasteiger partial charge is 0.254 e. The van der Waals surface area contributed by atoms with Crippen molar-refractivity contribution in [3.8, 4) is 5.75 Å². The summed E-state index contributed by atoms with van der Waals surface area (Å²) in [5, 5.41) is 12.6. The Labute approximate surface area is 119 Å². The summed E-state index contributed by atoms with van der Waals surface area (Å²) in [7, 11) is 1.56. The molecule has 0 aliphatic carbocycles. The molecule has 108 valence electrons. The first-order chi connectivity index (χ1) is 9.47. The summed E-state index contributed by atoms with van der Waals surface area (Å²) in [5.41, 5.74) is 0.930. The van der Waals surface area contributed by atoms with E-state index < -0.39 is 0 Å². The van der Waals surface area contributed by atoms with E-state index in [-0.39, 0.29) is 17.6 Å². The van der Waals surface area contributed by atoms with Crippen LogP contribution in [0, 0.1) is 5.92 Å². The number of amides is 1. The summed E-state index contributed by atoms with van der Waals surface area (Å²) < 4.78 is 5.09. The van der Waals surface area contributed by atoms with Gasteiger partial charge in [-0.3, -0.25) is 4.79 Å². The summed E-state index contributed by atoms with van der Waals surface area (Å²) in [4.78, 5) is 12.0. The SMILES string of the molecule is C=CC(C)C/C(O)=C(\C)C(=O)Nc1cccc(OC)c1. The molecule has 0 saturated heterocycles. The fourth-order valence-electron chi connectivity index (χ4n) is 1.60. The molecule has 0 aliphatic rings. The zero-order valence-corrected chi connectivity index (χ0v) is 12.1. The number of ether oxygens (including phenoxy) is 1. The molecule has 1 aromatic rings. The Morgan fingerprint density at radius 3 is 2.85 bits per heavy atom. The Morgan fingerprint density at radius 1 is 1.55 bits per heavy atom. The summed E-state index contributed by atoms with van der Waals surface area (Å²) in [6.45, 7) is 7.18. The van der Waals surface area contributed by atoms with Crippen molar-refractivity contribution in [1.29, 1.82) is 0 Å². The number of aliphatic hydroxyl groups is 1. The van der Waals surface area contributed by atoms with Crippen LogP contribution in [0.3, 0.4) is 0 Å². The van der Waals surface area contributed by atoms with Crippen LogP contribution in [0.25, 0.3) is 0 Å². The fourth-order valence-corrected chi connectivity index (χ4v) is 1.60. The summed E-state index contributed by atoms with van der Waals surface area (Å²) in [6, 6.07) is 7.06. The molecule has 1 unspecified atom stereocenters. The first-order valence-corrected chi connectivity index (χ1v) is 6.44. The molecule has 0 spiro atoms. The fraction of sp³-hybridized carbons (Fsp3) is 0.312. The third kappa shape index (κ3) is 4.46. The number of allylic oxidation sites excluding steroid dienone is 2. The second-order valence-electron chi connectivity index (χ2n) is 4.67. The molecule has 1 aromatic carbocycles. The van der Waals surface area contributed by atoms with Gasteiger partial charge in [-0.2, -0.15) is 0 Å². The summed E-state index contributed by atoms with van der Waals surface area (Å²) in [6.07, 6.45) is 2.14. The second-order valence-corrected chi connectivity index (χ2v) is 4.67. The molecule has 4 nitrogen and oxygen atoms in total. The van der Waals surface area contributed by atoms with Crippen molar-refractivity contribution in [2.75, 3.05) is 12.4 Å². The average Bonchev–Trinajstić information content (AvgIpc) is 2.46. The number of hydrogen-bond acceptors (Lipinski definition) is 3. The Balaban J connectivity index is 2.78. The molecule has 2 N–H and O–H groups in total. The van der Waals surface area contributed by atoms with Crippen LogP contribution >= 0.6 is 0 Å². The number of carbonyl (C=O) groups excluding carboxylic acids is 1. The molecular weight excluding hydrogens is 254 g/mol. The van der Waals surface area contributed by atoms with Crippen molar-refractivity contribution < 1.29 is 14.6 Å². The van der Waals surface area contributed by atoms with Gasteiger partial charge in [0.2, 0.25) is 0 Å². The lowest BCUT2D eigenvalue weighted by molar-refractivity contribution is -0.113. The number of hydrogen-bond donors (Lipinski definition) is 2. The summed E-state index contributed by atoms with van der Waals surface area (Å²) >= 11 is 0. The maximum absolute atomic E-state index is 12.0. The molecule has 1 rings (SSSR count). The molecule has 0 bridgehead atoms. The van der Waals surface area contributed by atoms with E-state index in [0.717, 1.165) is 0 Å². The van der Waals surface area contributed by atoms with Gasteiger partial charge in [0, 0.05) is 18.2 Å². The van der Waals surface area contributed by atoms with Crippen LogP contribution in [0.2, 0.25) is 0 Å². The van der Waals surface area contributed by atoms with Crippen molar-refractivity contribution in [3.05, 3.63) is 48.3 Å². The quantitative estimate of drug-likeness (QED) is 0.473. The predicted octanol–water partition coefficient (Wildman–Crippen LogP) is 3.68. The van der Waals surface area contributed by atoms with Gasteiger partial charge >= 0.3 is 0 Å². The molecule has 1 atom stereocenters. The van der Waals surface area contributed by atoms with Crippen LogP contribution in [-0.4, -0.2) is 18.1 Å². The lowest BCUT2D eigenvalue weighted by Gasteiger charge is -2.10. The first-order valence-electron chi connectivity index (χ1n) is 6.44. The number of benzene rings is 1. The van der Waals surface area contributed by atoms with Gasteiger partial charge in [0.1, 0.15) is 11.5 Å². The van der Waals surface area contributed by atoms with Crippen molar-refractivity contribution in [3.63, 3.8) is 0 Å². The zero-order chi connectivity index (χ0) is 15.1. The third-order valence-electron chi connectivity index (χ3n) is 3.02. The highest BCUT2D eigenvalue weighted by atomic mass is 16.5. The maximum atomic E-state index is 12.0. The van der Waals surface area contributed by atoms with Gasteiger partial charge in [0.05, 0.1) is 12.7 Å². The van der Waals surface area contributed by atoms with Crippen LogP contribution < -0.4 is 10.1 Å². The Morgan fingerprint density at radius 2 is 2.25 bits per heavy atom. The highest BCUT2D eigenvalue weighted by molar-refractivity contribution is 6.03. The Bertz CT molecular complexity index is 520. The van der Waals surface area contributed by atoms with Crippen molar-refractivity contribution in [2.45, 2.75) is 20.3 Å². The second kappa shape index (κ2) is 7.38. The van der Waals surface area contributed by atoms with E-state index in [1.54, 1.807) is 44.4 Å². The van der Waals surface area contributed by atoms with E-state index in [0.29, 0.717) is 23.4 Å². The number of anilines is 1. The van der Waals surface area contributed by atoms with Crippen LogP contribution in [0.4, 0.5) is 5.69 Å². The Kier molecular flexibility index (Phi) is 5.84. The van der Waals surface area contributed by atoms with Crippen LogP contribution in [0.15, 0.2) is 48.3 Å². The number of rotatable bonds is 6. The molecule has 1 amide bonds. The minimum absolute atomic E-state index is 0.0813. The monoisotopic (exact) mass is 275 g/mol. The zero-order valence-electron chi connectivity index (χ0n) is 12.1. The maximum Gasteiger partial charge on any atom is 0.254 e. The van der Waals surface area contributed by atoms with Crippen molar-refractivity contribution in [1.82, 2.24) is 0 Å². The Hall–Kier alpha value is -2.23. The van der Waals surface area contributed by atoms with Gasteiger partial charge < -0.3 is 15.2 Å². The molecule has 0 radical (unpaired) electrons. The number of nitrogens with one attached hydrogen (secondary N) is 1. The third-order valence-corrected chi connectivity index (χ3v) is 3.02. The molecule has 0 aliphatic heterocycles. The minimum atomic E-state index is -0.327. The van der Waals surface area contributed by atoms with Crippen LogP contribution in [-0.2, 0) is 4.79 Å². The highest BCUT2D eigenvalue weighted by Crippen LogP contribution is 2.19. The highest BCUT2D eigenvalue weighted by Gasteiger charge is 2.12. The summed E-state index contributed by atoms with van der Waals surface area (Å²) in [5.74, 6) is 0.535. The lowest BCUT2D eigenvalue weighted by atomic mass is 10.0. The minimum Gasteiger partial charge on any atom is -0.512 e. The van der Waals surface area contributed by atoms with E-state index >= 15 is 0 Å². The number of methoxy groups -OCH3 is 1. The topological polar surface area (TPSA) is 58.6 Å². The van der Waals surface area contributed by atoms with Gasteiger partial charge in [-0.15, -0.1) is 6.58 Å². The van der Waals surface area contributed by atoms with Gasteiger partial charge in [-0.25, -0.2) is 0 Å². The van der Waals surface area contributed by atoms with Gasteiger partial charge in [-0.1, -0.05) is 19.1 Å². The van der Waals surface area contributed by atoms with E-state index in [4.69, 9.17) is 4.74 Å². The average molecular weight is 275 g/mol. The first kappa shape index (κ1) is 15.8. The molecule has 20 heavy (non-hydrogen) atoms. The van der Waals surface area contributed by atoms with Crippen molar-refractivity contribution >= 4 is 11.6 Å². The largest absolute Gasteiger partial charge is 0.512 e. The van der Waals surface area contributed by atoms with Crippen LogP contribution in [0.5, 0.6) is 5.75 Å². The molecular formula is C16H21NO3. The van der Waals surface area contributed by atoms with Gasteiger partial charge in [0.15, 0.2) is 0 Å². The van der Waals surface area contributed by atoms with E-state index in [1.807, 2.05) is 6.92 Å². The van der Waals surface area contributed by atoms with E-state index in [2.05, 4.69) is 11.9 Å². The van der Waals surface area contributed by atoms with E-state index in [1.165, 1.54) is 0 Å². The van der Waals surface area contributed by atoms with Crippen molar-refractivity contribution in [2.24, 2.45) is 5.92 Å². The molecule has 0 saturated carbocycles. The van der Waals surface area contributed by atoms with Gasteiger partial charge in [-0.05, 0) is 25.0 Å². The number of carbonyl (C=O) groups is 1. The lowest BCUT2D eigenvalue weighted by Crippen LogP contribution is -2.15. The standard InChI is InChI=1S/C16H21NO3/c1-5-11(2)9-15(18)12(3)16(19)17-13-7-6-8-14(10-13)20-4/h5-8,10-11,18H,1,9H2,2-4H3,(H,17,19)/b15-12-. The molecule has 0 aromatic heterocycles. The normalized spacial score (nSPS) is 13.2. The van der Waals surface area contributed by atoms with E-state index in [9.17, 15) is 9.90 Å². The molecule has 4 heteroatoms.